The van der Waals surface area contributed by atoms with Gasteiger partial charge in [0.15, 0.2) is 0 Å². The van der Waals surface area contributed by atoms with E-state index in [1.54, 1.807) is 12.4 Å². The van der Waals surface area contributed by atoms with E-state index in [9.17, 15) is 4.39 Å². The molecule has 0 radical (unpaired) electrons. The SMILES string of the molecule is CCCn1cnc(-c2cc(F)cc(Cl)c2)c1N. The molecule has 0 spiro atoms. The first-order valence-electron chi connectivity index (χ1n) is 5.39. The lowest BCUT2D eigenvalue weighted by atomic mass is 10.1. The first-order chi connectivity index (χ1) is 8.11. The van der Waals surface area contributed by atoms with E-state index in [0.717, 1.165) is 13.0 Å². The molecule has 0 bridgehead atoms. The molecule has 0 atom stereocenters. The number of hydrogen-bond acceptors (Lipinski definition) is 2. The average Bonchev–Trinajstić information content (AvgIpc) is 2.60. The van der Waals surface area contributed by atoms with Gasteiger partial charge in [-0.1, -0.05) is 18.5 Å². The Morgan fingerprint density at radius 2 is 2.18 bits per heavy atom. The first-order valence-corrected chi connectivity index (χ1v) is 5.76. The molecular formula is C12H13ClFN3. The van der Waals surface area contributed by atoms with Crippen molar-refractivity contribution in [3.05, 3.63) is 35.4 Å². The standard InChI is InChI=1S/C12H13ClFN3/c1-2-3-17-7-16-11(12(17)15)8-4-9(13)6-10(14)5-8/h4-7H,2-3,15H2,1H3. The number of anilines is 1. The summed E-state index contributed by atoms with van der Waals surface area (Å²) in [7, 11) is 0. The highest BCUT2D eigenvalue weighted by atomic mass is 35.5. The Balaban J connectivity index is 2.45. The van der Waals surface area contributed by atoms with Crippen molar-refractivity contribution in [3.8, 4) is 11.3 Å². The van der Waals surface area contributed by atoms with Crippen LogP contribution in [-0.2, 0) is 6.54 Å². The fourth-order valence-electron chi connectivity index (χ4n) is 1.72. The number of nitrogens with two attached hydrogens (primary N) is 1. The summed E-state index contributed by atoms with van der Waals surface area (Å²) in [5.41, 5.74) is 7.13. The molecule has 0 fully saturated rings. The Hall–Kier alpha value is -1.55. The van der Waals surface area contributed by atoms with Crippen molar-refractivity contribution in [2.45, 2.75) is 19.9 Å². The quantitative estimate of drug-likeness (QED) is 0.912. The van der Waals surface area contributed by atoms with E-state index >= 15 is 0 Å². The van der Waals surface area contributed by atoms with Gasteiger partial charge in [0.1, 0.15) is 17.3 Å². The van der Waals surface area contributed by atoms with Crippen molar-refractivity contribution in [3.63, 3.8) is 0 Å². The van der Waals surface area contributed by atoms with Crippen LogP contribution in [0.3, 0.4) is 0 Å². The largest absolute Gasteiger partial charge is 0.383 e. The van der Waals surface area contributed by atoms with Crippen molar-refractivity contribution in [2.75, 3.05) is 5.73 Å². The molecule has 1 aromatic heterocycles. The number of aromatic nitrogens is 2. The molecule has 2 rings (SSSR count). The number of nitrogens with zero attached hydrogens (tertiary/aromatic N) is 2. The van der Waals surface area contributed by atoms with Crippen LogP contribution in [0.15, 0.2) is 24.5 Å². The zero-order valence-electron chi connectivity index (χ0n) is 9.45. The van der Waals surface area contributed by atoms with Gasteiger partial charge in [0.2, 0.25) is 0 Å². The monoisotopic (exact) mass is 253 g/mol. The lowest BCUT2D eigenvalue weighted by Crippen LogP contribution is -2.01. The Bertz CT molecular complexity index is 516. The Morgan fingerprint density at radius 1 is 1.41 bits per heavy atom. The van der Waals surface area contributed by atoms with Crippen LogP contribution in [0.2, 0.25) is 5.02 Å². The minimum absolute atomic E-state index is 0.337. The number of hydrogen-bond donors (Lipinski definition) is 1. The molecule has 1 heterocycles. The average molecular weight is 254 g/mol. The molecule has 3 nitrogen and oxygen atoms in total. The number of benzene rings is 1. The highest BCUT2D eigenvalue weighted by Crippen LogP contribution is 2.27. The van der Waals surface area contributed by atoms with Gasteiger partial charge in [0.05, 0.1) is 6.33 Å². The third-order valence-corrected chi connectivity index (χ3v) is 2.70. The summed E-state index contributed by atoms with van der Waals surface area (Å²) in [6.07, 6.45) is 2.62. The van der Waals surface area contributed by atoms with Crippen molar-refractivity contribution in [2.24, 2.45) is 0 Å². The summed E-state index contributed by atoms with van der Waals surface area (Å²) in [4.78, 5) is 4.20. The summed E-state index contributed by atoms with van der Waals surface area (Å²) >= 11 is 5.80. The van der Waals surface area contributed by atoms with Gasteiger partial charge < -0.3 is 10.3 Å². The lowest BCUT2D eigenvalue weighted by molar-refractivity contribution is 0.628. The number of imidazole rings is 1. The van der Waals surface area contributed by atoms with Gasteiger partial charge in [-0.15, -0.1) is 0 Å². The van der Waals surface area contributed by atoms with E-state index in [1.807, 2.05) is 4.57 Å². The normalized spacial score (nSPS) is 10.8. The summed E-state index contributed by atoms with van der Waals surface area (Å²) in [5.74, 6) is 0.144. The maximum atomic E-state index is 13.2. The molecular weight excluding hydrogens is 241 g/mol. The second kappa shape index (κ2) is 4.75. The van der Waals surface area contributed by atoms with Gasteiger partial charge in [-0.3, -0.25) is 0 Å². The fourth-order valence-corrected chi connectivity index (χ4v) is 1.95. The van der Waals surface area contributed by atoms with Crippen LogP contribution >= 0.6 is 11.6 Å². The van der Waals surface area contributed by atoms with E-state index in [4.69, 9.17) is 17.3 Å². The van der Waals surface area contributed by atoms with E-state index < -0.39 is 5.82 Å². The Kier molecular flexibility index (Phi) is 3.33. The van der Waals surface area contributed by atoms with E-state index in [1.165, 1.54) is 12.1 Å². The maximum absolute atomic E-state index is 13.2. The van der Waals surface area contributed by atoms with Crippen molar-refractivity contribution in [1.82, 2.24) is 9.55 Å². The Labute approximate surface area is 104 Å². The van der Waals surface area contributed by atoms with Gasteiger partial charge in [0, 0.05) is 17.1 Å². The van der Waals surface area contributed by atoms with Gasteiger partial charge in [-0.25, -0.2) is 9.37 Å². The van der Waals surface area contributed by atoms with E-state index in [0.29, 0.717) is 22.1 Å². The summed E-state index contributed by atoms with van der Waals surface area (Å²) in [6.45, 7) is 2.85. The molecule has 1 aromatic carbocycles. The molecule has 5 heteroatoms. The number of halogens is 2. The van der Waals surface area contributed by atoms with Gasteiger partial charge in [0.25, 0.3) is 0 Å². The maximum Gasteiger partial charge on any atom is 0.131 e. The van der Waals surface area contributed by atoms with Crippen LogP contribution in [0.25, 0.3) is 11.3 Å². The molecule has 0 aliphatic heterocycles. The van der Waals surface area contributed by atoms with Gasteiger partial charge in [-0.05, 0) is 24.6 Å². The van der Waals surface area contributed by atoms with Crippen LogP contribution in [0, 0.1) is 5.82 Å². The predicted molar refractivity (Wildman–Crippen MR) is 67.3 cm³/mol. The van der Waals surface area contributed by atoms with Crippen molar-refractivity contribution in [1.29, 1.82) is 0 Å². The summed E-state index contributed by atoms with van der Waals surface area (Å²) < 4.78 is 15.1. The molecule has 0 aliphatic carbocycles. The Morgan fingerprint density at radius 3 is 2.82 bits per heavy atom. The van der Waals surface area contributed by atoms with Crippen LogP contribution in [0.5, 0.6) is 0 Å². The molecule has 17 heavy (non-hydrogen) atoms. The zero-order valence-corrected chi connectivity index (χ0v) is 10.2. The highest BCUT2D eigenvalue weighted by molar-refractivity contribution is 6.30. The minimum Gasteiger partial charge on any atom is -0.383 e. The lowest BCUT2D eigenvalue weighted by Gasteiger charge is -2.04. The van der Waals surface area contributed by atoms with Gasteiger partial charge in [-0.2, -0.15) is 0 Å². The predicted octanol–water partition coefficient (Wildman–Crippen LogP) is 3.33. The summed E-state index contributed by atoms with van der Waals surface area (Å²) in [6, 6.07) is 4.28. The number of rotatable bonds is 3. The highest BCUT2D eigenvalue weighted by Gasteiger charge is 2.11. The van der Waals surface area contributed by atoms with Crippen molar-refractivity contribution >= 4 is 17.4 Å². The van der Waals surface area contributed by atoms with Crippen LogP contribution < -0.4 is 5.73 Å². The smallest absolute Gasteiger partial charge is 0.131 e. The molecule has 0 unspecified atom stereocenters. The molecule has 2 N–H and O–H groups in total. The molecule has 0 aliphatic rings. The molecule has 0 saturated heterocycles. The molecule has 0 saturated carbocycles. The molecule has 0 amide bonds. The second-order valence-corrected chi connectivity index (χ2v) is 4.27. The van der Waals surface area contributed by atoms with E-state index in [-0.39, 0.29) is 0 Å². The minimum atomic E-state index is -0.392. The van der Waals surface area contributed by atoms with E-state index in [2.05, 4.69) is 11.9 Å². The topological polar surface area (TPSA) is 43.8 Å². The zero-order chi connectivity index (χ0) is 12.4. The van der Waals surface area contributed by atoms with Crippen LogP contribution in [0.1, 0.15) is 13.3 Å². The molecule has 90 valence electrons. The molecule has 2 aromatic rings. The fraction of sp³-hybridized carbons (Fsp3) is 0.250. The van der Waals surface area contributed by atoms with Crippen LogP contribution in [-0.4, -0.2) is 9.55 Å². The third kappa shape index (κ3) is 2.42. The second-order valence-electron chi connectivity index (χ2n) is 3.83. The van der Waals surface area contributed by atoms with Crippen LogP contribution in [0.4, 0.5) is 10.2 Å². The van der Waals surface area contributed by atoms with Crippen molar-refractivity contribution < 1.29 is 4.39 Å². The number of nitrogen functional groups attached to an aromatic ring is 1. The summed E-state index contributed by atoms with van der Waals surface area (Å²) in [5, 5.41) is 0.337. The van der Waals surface area contributed by atoms with Gasteiger partial charge >= 0.3 is 0 Å². The first kappa shape index (κ1) is 11.9. The number of aryl methyl sites for hydroxylation is 1. The third-order valence-electron chi connectivity index (χ3n) is 2.48.